The molecule has 1 heterocycles. The van der Waals surface area contributed by atoms with Gasteiger partial charge < -0.3 is 15.0 Å². The summed E-state index contributed by atoms with van der Waals surface area (Å²) in [5.41, 5.74) is 0.631. The topological polar surface area (TPSA) is 78.9 Å². The van der Waals surface area contributed by atoms with E-state index in [4.69, 9.17) is 28.6 Å². The SMILES string of the molecule is CCOC(=O)c1ccc(NC(=O)CC2C(=O)N(c3cccc(C(F)(F)F)c3)C(=S)N2CCc2ccc(Cl)cc2)cc1. The van der Waals surface area contributed by atoms with E-state index in [1.54, 1.807) is 24.0 Å². The smallest absolute Gasteiger partial charge is 0.416 e. The number of halogens is 4. The normalized spacial score (nSPS) is 15.3. The van der Waals surface area contributed by atoms with Crippen molar-refractivity contribution in [3.63, 3.8) is 0 Å². The quantitative estimate of drug-likeness (QED) is 0.235. The van der Waals surface area contributed by atoms with Crippen molar-refractivity contribution < 1.29 is 32.3 Å². The number of hydrogen-bond acceptors (Lipinski definition) is 5. The maximum Gasteiger partial charge on any atom is 0.416 e. The van der Waals surface area contributed by atoms with Crippen molar-refractivity contribution in [1.29, 1.82) is 0 Å². The van der Waals surface area contributed by atoms with Crippen molar-refractivity contribution in [2.24, 2.45) is 0 Å². The van der Waals surface area contributed by atoms with Crippen molar-refractivity contribution in [1.82, 2.24) is 4.90 Å². The van der Waals surface area contributed by atoms with E-state index in [0.717, 1.165) is 22.6 Å². The Bertz CT molecular complexity index is 1450. The van der Waals surface area contributed by atoms with Gasteiger partial charge in [0.25, 0.3) is 5.91 Å². The van der Waals surface area contributed by atoms with Gasteiger partial charge in [-0.2, -0.15) is 13.2 Å². The number of alkyl halides is 3. The minimum absolute atomic E-state index is 0.000113. The summed E-state index contributed by atoms with van der Waals surface area (Å²) >= 11 is 11.5. The number of thiocarbonyl (C=S) groups is 1. The Morgan fingerprint density at radius 1 is 1.05 bits per heavy atom. The van der Waals surface area contributed by atoms with Gasteiger partial charge in [0.15, 0.2) is 5.11 Å². The highest BCUT2D eigenvalue weighted by molar-refractivity contribution is 7.80. The number of nitrogens with one attached hydrogen (secondary N) is 1. The molecule has 0 bridgehead atoms. The molecule has 1 aliphatic rings. The third kappa shape index (κ3) is 7.22. The van der Waals surface area contributed by atoms with Crippen molar-refractivity contribution in [3.05, 3.63) is 94.5 Å². The number of rotatable bonds is 9. The third-order valence-corrected chi connectivity index (χ3v) is 7.03. The highest BCUT2D eigenvalue weighted by Crippen LogP contribution is 2.34. The fraction of sp³-hybridized carbons (Fsp3) is 0.241. The van der Waals surface area contributed by atoms with Crippen LogP contribution in [0.15, 0.2) is 72.8 Å². The molecule has 2 amide bonds. The average molecular weight is 604 g/mol. The monoisotopic (exact) mass is 603 g/mol. The lowest BCUT2D eigenvalue weighted by Crippen LogP contribution is -2.39. The lowest BCUT2D eigenvalue weighted by atomic mass is 10.1. The lowest BCUT2D eigenvalue weighted by Gasteiger charge is -2.24. The summed E-state index contributed by atoms with van der Waals surface area (Å²) in [5, 5.41) is 3.25. The molecule has 12 heteroatoms. The van der Waals surface area contributed by atoms with E-state index in [9.17, 15) is 27.6 Å². The molecule has 4 rings (SSSR count). The number of benzene rings is 3. The summed E-state index contributed by atoms with van der Waals surface area (Å²) in [6.07, 6.45) is -4.49. The molecule has 1 atom stereocenters. The van der Waals surface area contributed by atoms with E-state index in [1.165, 1.54) is 36.4 Å². The van der Waals surface area contributed by atoms with E-state index >= 15 is 0 Å². The predicted molar refractivity (Wildman–Crippen MR) is 153 cm³/mol. The lowest BCUT2D eigenvalue weighted by molar-refractivity contribution is -0.137. The first-order valence-electron chi connectivity index (χ1n) is 12.6. The summed E-state index contributed by atoms with van der Waals surface area (Å²) in [6.45, 7) is 2.14. The Labute approximate surface area is 244 Å². The number of esters is 1. The number of carbonyl (C=O) groups excluding carboxylic acids is 3. The molecule has 1 aliphatic heterocycles. The molecule has 3 aromatic carbocycles. The van der Waals surface area contributed by atoms with Gasteiger partial charge in [0.2, 0.25) is 5.91 Å². The summed E-state index contributed by atoms with van der Waals surface area (Å²) in [4.78, 5) is 41.1. The summed E-state index contributed by atoms with van der Waals surface area (Å²) in [6, 6.07) is 16.4. The van der Waals surface area contributed by atoms with Crippen LogP contribution in [0.2, 0.25) is 5.02 Å². The van der Waals surface area contributed by atoms with Crippen LogP contribution in [0.25, 0.3) is 0 Å². The maximum atomic E-state index is 13.6. The van der Waals surface area contributed by atoms with Gasteiger partial charge in [-0.3, -0.25) is 14.5 Å². The second kappa shape index (κ2) is 12.7. The third-order valence-electron chi connectivity index (χ3n) is 6.36. The van der Waals surface area contributed by atoms with E-state index in [1.807, 2.05) is 12.1 Å². The highest BCUT2D eigenvalue weighted by Gasteiger charge is 2.44. The molecule has 1 unspecified atom stereocenters. The van der Waals surface area contributed by atoms with Gasteiger partial charge in [-0.25, -0.2) is 4.79 Å². The van der Waals surface area contributed by atoms with Gasteiger partial charge in [0.05, 0.1) is 29.8 Å². The van der Waals surface area contributed by atoms with Crippen LogP contribution < -0.4 is 10.2 Å². The minimum Gasteiger partial charge on any atom is -0.462 e. The fourth-order valence-electron chi connectivity index (χ4n) is 4.34. The molecule has 0 radical (unpaired) electrons. The zero-order valence-corrected chi connectivity index (χ0v) is 23.4. The van der Waals surface area contributed by atoms with Crippen molar-refractivity contribution in [2.75, 3.05) is 23.4 Å². The predicted octanol–water partition coefficient (Wildman–Crippen LogP) is 6.11. The molecule has 214 valence electrons. The van der Waals surface area contributed by atoms with Gasteiger partial charge in [0.1, 0.15) is 6.04 Å². The Morgan fingerprint density at radius 3 is 2.37 bits per heavy atom. The average Bonchev–Trinajstić information content (AvgIpc) is 3.16. The van der Waals surface area contributed by atoms with Crippen LogP contribution in [-0.2, 0) is 26.9 Å². The number of anilines is 2. The molecule has 7 nitrogen and oxygen atoms in total. The van der Waals surface area contributed by atoms with Crippen LogP contribution in [0.4, 0.5) is 24.5 Å². The molecule has 41 heavy (non-hydrogen) atoms. The molecule has 0 aliphatic carbocycles. The molecule has 0 aromatic heterocycles. The number of nitrogens with zero attached hydrogens (tertiary/aromatic N) is 2. The molecule has 1 N–H and O–H groups in total. The number of amides is 2. The molecule has 0 saturated carbocycles. The van der Waals surface area contributed by atoms with Crippen LogP contribution in [0, 0.1) is 0 Å². The Hall–Kier alpha value is -3.96. The summed E-state index contributed by atoms with van der Waals surface area (Å²) in [7, 11) is 0. The van der Waals surface area contributed by atoms with Gasteiger partial charge in [-0.15, -0.1) is 0 Å². The van der Waals surface area contributed by atoms with Gasteiger partial charge in [-0.05, 0) is 85.7 Å². The fourth-order valence-corrected chi connectivity index (χ4v) is 4.88. The van der Waals surface area contributed by atoms with Crippen molar-refractivity contribution in [3.8, 4) is 0 Å². The van der Waals surface area contributed by atoms with Crippen LogP contribution in [-0.4, -0.2) is 47.0 Å². The zero-order valence-electron chi connectivity index (χ0n) is 21.8. The molecule has 1 fully saturated rings. The second-order valence-electron chi connectivity index (χ2n) is 9.14. The van der Waals surface area contributed by atoms with Crippen LogP contribution in [0.5, 0.6) is 0 Å². The summed E-state index contributed by atoms with van der Waals surface area (Å²) < 4.78 is 45.1. The second-order valence-corrected chi connectivity index (χ2v) is 9.94. The zero-order chi connectivity index (χ0) is 29.7. The molecular formula is C29H25ClF3N3O4S. The Balaban J connectivity index is 1.55. The first kappa shape index (κ1) is 30.0. The van der Waals surface area contributed by atoms with Gasteiger partial charge >= 0.3 is 12.1 Å². The van der Waals surface area contributed by atoms with Crippen LogP contribution in [0.1, 0.15) is 34.8 Å². The van der Waals surface area contributed by atoms with Crippen LogP contribution in [0.3, 0.4) is 0 Å². The number of hydrogen-bond donors (Lipinski definition) is 1. The van der Waals surface area contributed by atoms with E-state index in [2.05, 4.69) is 5.32 Å². The molecular weight excluding hydrogens is 579 g/mol. The van der Waals surface area contributed by atoms with Gasteiger partial charge in [0, 0.05) is 17.3 Å². The minimum atomic E-state index is -4.61. The first-order valence-corrected chi connectivity index (χ1v) is 13.4. The highest BCUT2D eigenvalue weighted by atomic mass is 35.5. The van der Waals surface area contributed by atoms with Crippen molar-refractivity contribution in [2.45, 2.75) is 32.0 Å². The van der Waals surface area contributed by atoms with E-state index in [-0.39, 0.29) is 30.4 Å². The van der Waals surface area contributed by atoms with E-state index < -0.39 is 35.6 Å². The maximum absolute atomic E-state index is 13.6. The van der Waals surface area contributed by atoms with Crippen LogP contribution >= 0.6 is 23.8 Å². The molecule has 1 saturated heterocycles. The Morgan fingerprint density at radius 2 is 1.73 bits per heavy atom. The van der Waals surface area contributed by atoms with Gasteiger partial charge in [-0.1, -0.05) is 29.8 Å². The summed E-state index contributed by atoms with van der Waals surface area (Å²) in [5.74, 6) is -1.63. The molecule has 0 spiro atoms. The number of ether oxygens (including phenoxy) is 1. The number of carbonyl (C=O) groups is 3. The largest absolute Gasteiger partial charge is 0.462 e. The first-order chi connectivity index (χ1) is 19.5. The standard InChI is InChI=1S/C29H25ClF3N3O4S/c1-2-40-27(39)19-8-12-22(13-9-19)34-25(37)17-24-26(38)36(23-5-3-4-20(16-23)29(31,32)33)28(41)35(24)15-14-18-6-10-21(30)11-7-18/h3-13,16,24H,2,14-15,17H2,1H3,(H,34,37). The Kier molecular flexibility index (Phi) is 9.29. The molecule has 3 aromatic rings. The van der Waals surface area contributed by atoms with E-state index in [0.29, 0.717) is 22.7 Å². The van der Waals surface area contributed by atoms with Crippen molar-refractivity contribution >= 4 is 58.1 Å².